The normalized spacial score (nSPS) is 15.8. The van der Waals surface area contributed by atoms with Gasteiger partial charge >= 0.3 is 0 Å². The lowest BCUT2D eigenvalue weighted by atomic mass is 9.95. The molecule has 0 atom stereocenters. The number of hydrogen-bond donors (Lipinski definition) is 0. The second-order valence-electron chi connectivity index (χ2n) is 7.41. The molecule has 1 aliphatic rings. The lowest BCUT2D eigenvalue weighted by molar-refractivity contribution is 0.0703. The summed E-state index contributed by atoms with van der Waals surface area (Å²) in [5.74, 6) is 2.37. The molecule has 27 heavy (non-hydrogen) atoms. The van der Waals surface area contributed by atoms with Crippen LogP contribution in [0.1, 0.15) is 40.9 Å². The highest BCUT2D eigenvalue weighted by Gasteiger charge is 2.29. The van der Waals surface area contributed by atoms with Gasteiger partial charge in [-0.25, -0.2) is 4.98 Å². The monoisotopic (exact) mass is 367 g/mol. The van der Waals surface area contributed by atoms with E-state index in [0.29, 0.717) is 11.6 Å². The summed E-state index contributed by atoms with van der Waals surface area (Å²) >= 11 is 0. The Morgan fingerprint density at radius 2 is 2.00 bits per heavy atom. The molecule has 8 heteroatoms. The molecule has 0 spiro atoms. The summed E-state index contributed by atoms with van der Waals surface area (Å²) in [6.45, 7) is 2.22. The van der Waals surface area contributed by atoms with Gasteiger partial charge in [-0.3, -0.25) is 9.20 Å². The van der Waals surface area contributed by atoms with Crippen LogP contribution >= 0.6 is 0 Å². The van der Waals surface area contributed by atoms with Crippen molar-refractivity contribution < 1.29 is 4.79 Å². The van der Waals surface area contributed by atoms with Gasteiger partial charge in [-0.05, 0) is 39.1 Å². The summed E-state index contributed by atoms with van der Waals surface area (Å²) in [5.41, 5.74) is 1.42. The molecule has 1 fully saturated rings. The van der Waals surface area contributed by atoms with Crippen molar-refractivity contribution in [2.24, 2.45) is 7.05 Å². The molecular weight excluding hydrogens is 342 g/mol. The zero-order valence-electron chi connectivity index (χ0n) is 16.0. The Bertz CT molecular complexity index is 950. The summed E-state index contributed by atoms with van der Waals surface area (Å²) in [5, 5.41) is 8.76. The van der Waals surface area contributed by atoms with Crippen LogP contribution in [-0.4, -0.2) is 67.0 Å². The first-order chi connectivity index (χ1) is 13.0. The van der Waals surface area contributed by atoms with Gasteiger partial charge in [-0.2, -0.15) is 0 Å². The van der Waals surface area contributed by atoms with Crippen molar-refractivity contribution in [3.05, 3.63) is 47.9 Å². The van der Waals surface area contributed by atoms with Crippen LogP contribution in [0.25, 0.3) is 5.65 Å². The fourth-order valence-corrected chi connectivity index (χ4v) is 3.74. The topological polar surface area (TPSA) is 71.6 Å². The second-order valence-corrected chi connectivity index (χ2v) is 7.41. The quantitative estimate of drug-likeness (QED) is 0.700. The number of carbonyl (C=O) groups excluding carboxylic acids is 1. The number of likely N-dealkylation sites (tertiary alicyclic amines) is 1. The Kier molecular flexibility index (Phi) is 4.65. The van der Waals surface area contributed by atoms with Gasteiger partial charge in [0.15, 0.2) is 0 Å². The molecule has 0 N–H and O–H groups in total. The molecule has 0 aromatic carbocycles. The molecule has 0 unspecified atom stereocenters. The molecule has 8 nitrogen and oxygen atoms in total. The van der Waals surface area contributed by atoms with E-state index in [-0.39, 0.29) is 5.91 Å². The number of fused-ring (bicyclic) bond motifs is 1. The van der Waals surface area contributed by atoms with E-state index in [4.69, 9.17) is 0 Å². The van der Waals surface area contributed by atoms with Crippen LogP contribution in [0.2, 0.25) is 0 Å². The number of imidazole rings is 1. The number of piperidine rings is 1. The van der Waals surface area contributed by atoms with E-state index >= 15 is 0 Å². The van der Waals surface area contributed by atoms with Crippen LogP contribution in [0.3, 0.4) is 0 Å². The highest BCUT2D eigenvalue weighted by Crippen LogP contribution is 2.27. The summed E-state index contributed by atoms with van der Waals surface area (Å²) in [7, 11) is 6.08. The largest absolute Gasteiger partial charge is 0.337 e. The number of pyridine rings is 1. The number of nitrogens with zero attached hydrogens (tertiary/aromatic N) is 7. The Hall–Kier alpha value is -2.74. The van der Waals surface area contributed by atoms with Gasteiger partial charge in [0.05, 0.1) is 12.7 Å². The molecule has 1 amide bonds. The van der Waals surface area contributed by atoms with Crippen LogP contribution in [0.15, 0.2) is 30.6 Å². The van der Waals surface area contributed by atoms with E-state index < -0.39 is 0 Å². The first kappa shape index (κ1) is 17.7. The van der Waals surface area contributed by atoms with E-state index in [0.717, 1.165) is 49.8 Å². The molecule has 3 aromatic rings. The Morgan fingerprint density at radius 3 is 2.74 bits per heavy atom. The minimum Gasteiger partial charge on any atom is -0.337 e. The number of rotatable bonds is 4. The predicted octanol–water partition coefficient (Wildman–Crippen LogP) is 1.54. The van der Waals surface area contributed by atoms with Gasteiger partial charge in [0, 0.05) is 32.3 Å². The van der Waals surface area contributed by atoms with Crippen LogP contribution in [0, 0.1) is 0 Å². The summed E-state index contributed by atoms with van der Waals surface area (Å²) < 4.78 is 3.96. The molecule has 4 heterocycles. The number of carbonyl (C=O) groups is 1. The van der Waals surface area contributed by atoms with Crippen LogP contribution in [0.4, 0.5) is 0 Å². The molecule has 0 aliphatic carbocycles. The van der Waals surface area contributed by atoms with Crippen molar-refractivity contribution in [3.8, 4) is 0 Å². The first-order valence-electron chi connectivity index (χ1n) is 9.29. The summed E-state index contributed by atoms with van der Waals surface area (Å²) in [6, 6.07) is 5.74. The third-order valence-electron chi connectivity index (χ3n) is 5.24. The standard InChI is InChI=1S/C19H25N7O/c1-23(2)13-17-21-22-18(24(17)3)14-7-10-25(11-8-14)19(27)15-12-20-16-6-4-5-9-26(15)16/h4-6,9,12,14H,7-8,10-11,13H2,1-3H3. The summed E-state index contributed by atoms with van der Waals surface area (Å²) in [6.07, 6.45) is 5.35. The van der Waals surface area contributed by atoms with Crippen molar-refractivity contribution >= 4 is 11.6 Å². The van der Waals surface area contributed by atoms with Gasteiger partial charge in [0.2, 0.25) is 0 Å². The molecule has 4 rings (SSSR count). The average Bonchev–Trinajstić information content (AvgIpc) is 3.25. The SMILES string of the molecule is CN(C)Cc1nnc(C2CCN(C(=O)c3cnc4ccccn34)CC2)n1C. The first-order valence-corrected chi connectivity index (χ1v) is 9.29. The molecule has 0 bridgehead atoms. The van der Waals surface area contributed by atoms with E-state index in [1.54, 1.807) is 6.20 Å². The second kappa shape index (κ2) is 7.11. The van der Waals surface area contributed by atoms with Crippen molar-refractivity contribution in [2.75, 3.05) is 27.2 Å². The molecule has 1 saturated heterocycles. The Balaban J connectivity index is 1.45. The highest BCUT2D eigenvalue weighted by molar-refractivity contribution is 5.93. The lowest BCUT2D eigenvalue weighted by Crippen LogP contribution is -2.38. The van der Waals surface area contributed by atoms with E-state index in [2.05, 4.69) is 24.6 Å². The fourth-order valence-electron chi connectivity index (χ4n) is 3.74. The molecule has 3 aromatic heterocycles. The zero-order valence-corrected chi connectivity index (χ0v) is 16.0. The highest BCUT2D eigenvalue weighted by atomic mass is 16.2. The van der Waals surface area contributed by atoms with Gasteiger partial charge in [-0.1, -0.05) is 6.07 Å². The van der Waals surface area contributed by atoms with Gasteiger partial charge in [0.25, 0.3) is 5.91 Å². The average molecular weight is 367 g/mol. The van der Waals surface area contributed by atoms with Crippen LogP contribution in [0.5, 0.6) is 0 Å². The van der Waals surface area contributed by atoms with Gasteiger partial charge < -0.3 is 14.4 Å². The molecule has 1 aliphatic heterocycles. The van der Waals surface area contributed by atoms with Gasteiger partial charge in [0.1, 0.15) is 23.0 Å². The maximum absolute atomic E-state index is 12.9. The van der Waals surface area contributed by atoms with Crippen molar-refractivity contribution in [1.29, 1.82) is 0 Å². The zero-order chi connectivity index (χ0) is 19.0. The van der Waals surface area contributed by atoms with E-state index in [1.807, 2.05) is 54.8 Å². The smallest absolute Gasteiger partial charge is 0.272 e. The minimum atomic E-state index is 0.0402. The maximum atomic E-state index is 12.9. The predicted molar refractivity (Wildman–Crippen MR) is 101 cm³/mol. The van der Waals surface area contributed by atoms with Crippen LogP contribution in [-0.2, 0) is 13.6 Å². The van der Waals surface area contributed by atoms with Gasteiger partial charge in [-0.15, -0.1) is 10.2 Å². The minimum absolute atomic E-state index is 0.0402. The lowest BCUT2D eigenvalue weighted by Gasteiger charge is -2.31. The third kappa shape index (κ3) is 3.32. The molecule has 0 radical (unpaired) electrons. The third-order valence-corrected chi connectivity index (χ3v) is 5.24. The maximum Gasteiger partial charge on any atom is 0.272 e. The van der Waals surface area contributed by atoms with E-state index in [9.17, 15) is 4.79 Å². The summed E-state index contributed by atoms with van der Waals surface area (Å²) in [4.78, 5) is 21.3. The number of hydrogen-bond acceptors (Lipinski definition) is 5. The van der Waals surface area contributed by atoms with Crippen LogP contribution < -0.4 is 0 Å². The molecule has 0 saturated carbocycles. The van der Waals surface area contributed by atoms with Crippen molar-refractivity contribution in [2.45, 2.75) is 25.3 Å². The van der Waals surface area contributed by atoms with Crippen molar-refractivity contribution in [1.82, 2.24) is 33.9 Å². The fraction of sp³-hybridized carbons (Fsp3) is 0.474. The number of aromatic nitrogens is 5. The van der Waals surface area contributed by atoms with Crippen molar-refractivity contribution in [3.63, 3.8) is 0 Å². The molecular formula is C19H25N7O. The van der Waals surface area contributed by atoms with E-state index in [1.165, 1.54) is 0 Å². The molecule has 142 valence electrons. The number of amides is 1. The Labute approximate surface area is 158 Å². The Morgan fingerprint density at radius 1 is 1.22 bits per heavy atom.